The van der Waals surface area contributed by atoms with Crippen LogP contribution >= 0.6 is 0 Å². The molecule has 2 aliphatic carbocycles. The van der Waals surface area contributed by atoms with Crippen LogP contribution in [0.1, 0.15) is 48.9 Å². The molecule has 15 heteroatoms. The van der Waals surface area contributed by atoms with Crippen LogP contribution in [0.15, 0.2) is 36.9 Å². The summed E-state index contributed by atoms with van der Waals surface area (Å²) in [4.78, 5) is 25.8. The molecule has 3 aromatic rings. The summed E-state index contributed by atoms with van der Waals surface area (Å²) in [5.41, 5.74) is 1.28. The van der Waals surface area contributed by atoms with Gasteiger partial charge in [-0.25, -0.2) is 32.2 Å². The van der Waals surface area contributed by atoms with E-state index in [2.05, 4.69) is 41.3 Å². The minimum absolute atomic E-state index is 0.0931. The van der Waals surface area contributed by atoms with E-state index < -0.39 is 34.5 Å². The lowest BCUT2D eigenvalue weighted by Crippen LogP contribution is -2.38. The van der Waals surface area contributed by atoms with E-state index in [1.54, 1.807) is 12.1 Å². The number of hydrogen-bond donors (Lipinski definition) is 4. The van der Waals surface area contributed by atoms with Crippen molar-refractivity contribution in [3.63, 3.8) is 0 Å². The van der Waals surface area contributed by atoms with Gasteiger partial charge in [-0.3, -0.25) is 4.79 Å². The van der Waals surface area contributed by atoms with Gasteiger partial charge >= 0.3 is 0 Å². The van der Waals surface area contributed by atoms with Crippen LogP contribution in [0.4, 0.5) is 26.1 Å². The van der Waals surface area contributed by atoms with Crippen LogP contribution in [-0.2, 0) is 10.0 Å². The maximum Gasteiger partial charge on any atom is 0.256 e. The summed E-state index contributed by atoms with van der Waals surface area (Å²) >= 11 is 0. The molecule has 5 rings (SSSR count). The number of nitrogens with zero attached hydrogens (tertiary/aromatic N) is 5. The average Bonchev–Trinajstić information content (AvgIpc) is 3.73. The Morgan fingerprint density at radius 1 is 0.976 bits per heavy atom. The van der Waals surface area contributed by atoms with E-state index in [9.17, 15) is 22.0 Å². The molecular weight excluding hydrogens is 556 g/mol. The number of halogens is 2. The van der Waals surface area contributed by atoms with Crippen LogP contribution in [0.3, 0.4) is 0 Å². The summed E-state index contributed by atoms with van der Waals surface area (Å²) in [6.45, 7) is -0.847. The lowest BCUT2D eigenvalue weighted by Gasteiger charge is -2.30. The number of aromatic nitrogens is 5. The topological polar surface area (TPSA) is 156 Å². The van der Waals surface area contributed by atoms with Gasteiger partial charge in [0.05, 0.1) is 34.5 Å². The molecule has 2 aliphatic rings. The van der Waals surface area contributed by atoms with Crippen molar-refractivity contribution < 1.29 is 22.0 Å². The van der Waals surface area contributed by atoms with Gasteiger partial charge in [-0.05, 0) is 44.6 Å². The third kappa shape index (κ3) is 7.14. The van der Waals surface area contributed by atoms with Crippen molar-refractivity contribution in [2.24, 2.45) is 0 Å². The zero-order chi connectivity index (χ0) is 28.8. The molecule has 41 heavy (non-hydrogen) atoms. The van der Waals surface area contributed by atoms with Gasteiger partial charge in [0.25, 0.3) is 15.9 Å². The molecule has 0 radical (unpaired) electrons. The Kier molecular flexibility index (Phi) is 9.03. The van der Waals surface area contributed by atoms with Gasteiger partial charge < -0.3 is 21.3 Å². The Hall–Kier alpha value is -3.72. The quantitative estimate of drug-likeness (QED) is 0.234. The monoisotopic (exact) mass is 589 g/mol. The van der Waals surface area contributed by atoms with Crippen molar-refractivity contribution in [2.75, 3.05) is 37.1 Å². The fourth-order valence-corrected chi connectivity index (χ4v) is 6.25. The summed E-state index contributed by atoms with van der Waals surface area (Å²) < 4.78 is 51.1. The maximum atomic E-state index is 12.7. The average molecular weight is 590 g/mol. The number of pyridine rings is 1. The highest BCUT2D eigenvalue weighted by atomic mass is 32.2. The highest BCUT2D eigenvalue weighted by molar-refractivity contribution is 7.90. The lowest BCUT2D eigenvalue weighted by atomic mass is 9.91. The summed E-state index contributed by atoms with van der Waals surface area (Å²) in [5.74, 6) is 0.653. The molecule has 0 aliphatic heterocycles. The molecule has 0 atom stereocenters. The minimum Gasteiger partial charge on any atom is -0.382 e. The van der Waals surface area contributed by atoms with Crippen LogP contribution in [0, 0.1) is 0 Å². The molecule has 0 spiro atoms. The van der Waals surface area contributed by atoms with Crippen molar-refractivity contribution in [3.8, 4) is 11.4 Å². The highest BCUT2D eigenvalue weighted by Crippen LogP contribution is 2.31. The fourth-order valence-electron chi connectivity index (χ4n) is 4.78. The van der Waals surface area contributed by atoms with Gasteiger partial charge in [0.15, 0.2) is 5.82 Å². The summed E-state index contributed by atoms with van der Waals surface area (Å²) in [6.07, 6.45) is 10.4. The molecule has 4 N–H and O–H groups in total. The third-order valence-corrected chi connectivity index (χ3v) is 9.11. The summed E-state index contributed by atoms with van der Waals surface area (Å²) in [5, 5.41) is 15.9. The van der Waals surface area contributed by atoms with Gasteiger partial charge in [0.2, 0.25) is 0 Å². The standard InChI is InChI=1S/C26H33F2N9O3S/c27-8-11-29-18-1-3-19(4-2-18)34-22-13-24(32-15-21(22)26(38)31-12-9-28)35-23-7-10-30-25(36-23)17-14-33-37(16-17)41(39,40)20-5-6-20/h7,10,13-16,18-20,29H,1-6,8-9,11-12H2,(H,31,38)(H2,30,32,34,35,36). The van der Waals surface area contributed by atoms with Crippen molar-refractivity contribution in [3.05, 3.63) is 42.5 Å². The SMILES string of the molecule is O=C(NCCF)c1cnc(Nc2ccnc(-c3cnn(S(=O)(=O)C4CC4)c3)n2)cc1NC1CCC(NCCF)CC1. The lowest BCUT2D eigenvalue weighted by molar-refractivity contribution is 0.0951. The molecule has 0 saturated heterocycles. The molecule has 3 aromatic heterocycles. The van der Waals surface area contributed by atoms with Crippen LogP contribution < -0.4 is 21.3 Å². The molecule has 3 heterocycles. The molecule has 0 bridgehead atoms. The zero-order valence-corrected chi connectivity index (χ0v) is 23.2. The van der Waals surface area contributed by atoms with E-state index in [0.29, 0.717) is 42.3 Å². The molecule has 1 amide bonds. The number of carbonyl (C=O) groups is 1. The van der Waals surface area contributed by atoms with E-state index in [4.69, 9.17) is 0 Å². The number of nitrogens with one attached hydrogen (secondary N) is 4. The molecule has 2 fully saturated rings. The number of amides is 1. The van der Waals surface area contributed by atoms with E-state index in [1.807, 2.05) is 0 Å². The maximum absolute atomic E-state index is 12.7. The van der Waals surface area contributed by atoms with Crippen molar-refractivity contribution >= 4 is 33.3 Å². The van der Waals surface area contributed by atoms with Crippen molar-refractivity contribution in [2.45, 2.75) is 55.9 Å². The fraction of sp³-hybridized carbons (Fsp3) is 0.500. The first-order chi connectivity index (χ1) is 19.9. The number of rotatable bonds is 13. The number of carbonyl (C=O) groups excluding carboxylic acids is 1. The van der Waals surface area contributed by atoms with Crippen LogP contribution in [0.2, 0.25) is 0 Å². The number of hydrogen-bond acceptors (Lipinski definition) is 10. The first kappa shape index (κ1) is 28.8. The number of anilines is 3. The normalized spacial score (nSPS) is 19.1. The molecule has 2 saturated carbocycles. The Balaban J connectivity index is 1.32. The second-order valence-corrected chi connectivity index (χ2v) is 12.2. The minimum atomic E-state index is -3.51. The van der Waals surface area contributed by atoms with E-state index >= 15 is 0 Å². The summed E-state index contributed by atoms with van der Waals surface area (Å²) in [6, 6.07) is 3.69. The molecule has 0 aromatic carbocycles. The van der Waals surface area contributed by atoms with Gasteiger partial charge in [-0.1, -0.05) is 0 Å². The molecule has 12 nitrogen and oxygen atoms in total. The van der Waals surface area contributed by atoms with Crippen LogP contribution in [-0.4, -0.2) is 82.2 Å². The van der Waals surface area contributed by atoms with Crippen LogP contribution in [0.25, 0.3) is 11.4 Å². The van der Waals surface area contributed by atoms with E-state index in [1.165, 1.54) is 24.8 Å². The second kappa shape index (κ2) is 12.9. The zero-order valence-electron chi connectivity index (χ0n) is 22.4. The second-order valence-electron chi connectivity index (χ2n) is 10.1. The van der Waals surface area contributed by atoms with E-state index in [-0.39, 0.29) is 30.0 Å². The summed E-state index contributed by atoms with van der Waals surface area (Å²) in [7, 11) is -3.51. The molecule has 0 unspecified atom stereocenters. The number of alkyl halides is 2. The molecule has 220 valence electrons. The van der Waals surface area contributed by atoms with Gasteiger partial charge in [-0.2, -0.15) is 9.19 Å². The highest BCUT2D eigenvalue weighted by Gasteiger charge is 2.37. The van der Waals surface area contributed by atoms with Gasteiger partial charge in [0.1, 0.15) is 25.0 Å². The van der Waals surface area contributed by atoms with Gasteiger partial charge in [0, 0.05) is 43.6 Å². The predicted molar refractivity (Wildman–Crippen MR) is 150 cm³/mol. The third-order valence-electron chi connectivity index (χ3n) is 7.08. The first-order valence-electron chi connectivity index (χ1n) is 13.7. The van der Waals surface area contributed by atoms with Crippen LogP contribution in [0.5, 0.6) is 0 Å². The Morgan fingerprint density at radius 3 is 2.46 bits per heavy atom. The Morgan fingerprint density at radius 2 is 1.73 bits per heavy atom. The largest absolute Gasteiger partial charge is 0.382 e. The molecular formula is C26H33F2N9O3S. The Bertz CT molecular complexity index is 1460. The Labute approximate surface area is 236 Å². The van der Waals surface area contributed by atoms with Crippen molar-refractivity contribution in [1.82, 2.24) is 34.8 Å². The smallest absolute Gasteiger partial charge is 0.256 e. The van der Waals surface area contributed by atoms with Gasteiger partial charge in [-0.15, -0.1) is 0 Å². The first-order valence-corrected chi connectivity index (χ1v) is 15.2. The van der Waals surface area contributed by atoms with Crippen molar-refractivity contribution in [1.29, 1.82) is 0 Å². The van der Waals surface area contributed by atoms with E-state index in [0.717, 1.165) is 29.8 Å². The predicted octanol–water partition coefficient (Wildman–Crippen LogP) is 2.80.